The lowest BCUT2D eigenvalue weighted by molar-refractivity contribution is 0.0509. The monoisotopic (exact) mass is 690 g/mol. The molecule has 3 heterocycles. The molecule has 6 aromatic rings. The molecule has 0 radical (unpaired) electrons. The van der Waals surface area contributed by atoms with E-state index in [1.54, 1.807) is 30.3 Å². The van der Waals surface area contributed by atoms with Crippen LogP contribution in [-0.4, -0.2) is 61.0 Å². The zero-order chi connectivity index (χ0) is 35.6. The van der Waals surface area contributed by atoms with Crippen LogP contribution in [0, 0.1) is 13.8 Å². The van der Waals surface area contributed by atoms with Crippen LogP contribution in [0.15, 0.2) is 84.9 Å². The number of carbonyl (C=O) groups is 1. The number of phenolic OH excluding ortho intramolecular Hbond substituents is 2. The van der Waals surface area contributed by atoms with Gasteiger partial charge in [-0.2, -0.15) is 0 Å². The number of nitrogens with one attached hydrogen (secondary N) is 1. The van der Waals surface area contributed by atoms with Gasteiger partial charge in [0.2, 0.25) is 0 Å². The second kappa shape index (κ2) is 14.2. The lowest BCUT2D eigenvalue weighted by Crippen LogP contribution is -2.40. The molecule has 1 unspecified atom stereocenters. The summed E-state index contributed by atoms with van der Waals surface area (Å²) in [5.41, 5.74) is 4.44. The summed E-state index contributed by atoms with van der Waals surface area (Å²) in [6.45, 7) is 10.9. The van der Waals surface area contributed by atoms with Crippen LogP contribution in [0.4, 0.5) is 10.6 Å². The highest BCUT2D eigenvalue weighted by Gasteiger charge is 2.28. The van der Waals surface area contributed by atoms with E-state index < -0.39 is 11.7 Å². The van der Waals surface area contributed by atoms with Gasteiger partial charge in [0.25, 0.3) is 0 Å². The highest BCUT2D eigenvalue weighted by Crippen LogP contribution is 2.34. The fraction of sp³-hybridized carbons (Fsp3) is 0.256. The number of benzene rings is 4. The molecular weight excluding hydrogens is 652 g/mol. The molecule has 4 aromatic carbocycles. The first-order valence-corrected chi connectivity index (χ1v) is 16.8. The second-order valence-electron chi connectivity index (χ2n) is 13.4. The number of aromatic hydroxyl groups is 2. The van der Waals surface area contributed by atoms with Crippen LogP contribution < -0.4 is 10.2 Å². The average Bonchev–Trinajstić information content (AvgIpc) is 3.51. The van der Waals surface area contributed by atoms with Crippen molar-refractivity contribution in [1.82, 2.24) is 25.3 Å². The third-order valence-corrected chi connectivity index (χ3v) is 8.42. The van der Waals surface area contributed by atoms with Gasteiger partial charge in [0.1, 0.15) is 28.1 Å². The quantitative estimate of drug-likeness (QED) is 0.156. The maximum Gasteiger partial charge on any atom is 0.407 e. The molecule has 3 N–H and O–H groups in total. The number of aryl methyl sites for hydroxylation is 2. The number of para-hydroxylation sites is 2. The Hall–Kier alpha value is -5.48. The normalized spacial score (nSPS) is 14.4. The largest absolute Gasteiger partial charge is 0.507 e. The summed E-state index contributed by atoms with van der Waals surface area (Å²) in [7, 11) is 0. The third kappa shape index (κ3) is 7.87. The van der Waals surface area contributed by atoms with Crippen molar-refractivity contribution in [1.29, 1.82) is 0 Å². The van der Waals surface area contributed by atoms with Crippen molar-refractivity contribution < 1.29 is 19.7 Å². The number of fused-ring (bicyclic) bond motifs is 2. The van der Waals surface area contributed by atoms with Crippen molar-refractivity contribution in [3.8, 4) is 34.3 Å². The molecule has 256 valence electrons. The number of anilines is 1. The first-order chi connectivity index (χ1) is 23.8. The first kappa shape index (κ1) is 34.4. The van der Waals surface area contributed by atoms with Crippen LogP contribution in [0.1, 0.15) is 38.3 Å². The van der Waals surface area contributed by atoms with Crippen molar-refractivity contribution in [2.75, 3.05) is 18.0 Å². The summed E-state index contributed by atoms with van der Waals surface area (Å²) < 4.78 is 5.39. The number of phenols is 2. The van der Waals surface area contributed by atoms with E-state index in [1.165, 1.54) is 0 Å². The number of hydrogen-bond donors (Lipinski definition) is 3. The fourth-order valence-electron chi connectivity index (χ4n) is 5.78. The van der Waals surface area contributed by atoms with Gasteiger partial charge >= 0.3 is 6.09 Å². The molecule has 50 heavy (non-hydrogen) atoms. The SMILES string of the molecule is Cc1ccc2c(Cl)nc(-c3ccccc3O)nc2c1.Cc1ccc2c(N3CCC(NC(=O)OC(C)(C)C)C3)nc(-c3ccccc3O)nc2c1. The van der Waals surface area contributed by atoms with E-state index >= 15 is 0 Å². The molecule has 0 aliphatic carbocycles. The van der Waals surface area contributed by atoms with Gasteiger partial charge in [-0.1, -0.05) is 48.0 Å². The molecule has 1 aliphatic rings. The highest BCUT2D eigenvalue weighted by molar-refractivity contribution is 6.34. The van der Waals surface area contributed by atoms with E-state index in [0.29, 0.717) is 34.5 Å². The Morgan fingerprint density at radius 2 is 1.34 bits per heavy atom. The van der Waals surface area contributed by atoms with Crippen LogP contribution in [-0.2, 0) is 4.74 Å². The minimum atomic E-state index is -0.532. The summed E-state index contributed by atoms with van der Waals surface area (Å²) in [5, 5.41) is 25.3. The number of nitrogens with zero attached hydrogens (tertiary/aromatic N) is 5. The van der Waals surface area contributed by atoms with Gasteiger partial charge in [-0.05, 0) is 101 Å². The maximum absolute atomic E-state index is 12.2. The predicted octanol–water partition coefficient (Wildman–Crippen LogP) is 8.38. The van der Waals surface area contributed by atoms with E-state index in [0.717, 1.165) is 51.7 Å². The number of hydrogen-bond acceptors (Lipinski definition) is 9. The van der Waals surface area contributed by atoms with Gasteiger partial charge in [0, 0.05) is 23.9 Å². The smallest absolute Gasteiger partial charge is 0.407 e. The second-order valence-corrected chi connectivity index (χ2v) is 13.7. The number of amides is 1. The number of carbonyl (C=O) groups excluding carboxylic acids is 1. The number of aromatic nitrogens is 4. The number of alkyl carbamates (subject to hydrolysis) is 1. The Morgan fingerprint density at radius 1 is 0.800 bits per heavy atom. The lowest BCUT2D eigenvalue weighted by atomic mass is 10.1. The van der Waals surface area contributed by atoms with Gasteiger partial charge in [0.05, 0.1) is 28.2 Å². The predicted molar refractivity (Wildman–Crippen MR) is 198 cm³/mol. The Kier molecular flexibility index (Phi) is 9.74. The number of ether oxygens (including phenoxy) is 1. The van der Waals surface area contributed by atoms with Crippen LogP contribution in [0.5, 0.6) is 11.5 Å². The molecule has 1 fully saturated rings. The van der Waals surface area contributed by atoms with Crippen molar-refractivity contribution in [3.05, 3.63) is 101 Å². The first-order valence-electron chi connectivity index (χ1n) is 16.4. The van der Waals surface area contributed by atoms with Gasteiger partial charge < -0.3 is 25.2 Å². The van der Waals surface area contributed by atoms with E-state index in [4.69, 9.17) is 26.3 Å². The standard InChI is InChI=1S/C24H28N4O3.C15H11ClN2O/c1-15-9-10-17-19(13-15)26-21(18-7-5-6-8-20(18)29)27-22(17)28-12-11-16(14-28)25-23(30)31-24(2,3)4;1-9-6-7-10-12(8-9)17-15(18-14(10)16)11-4-2-3-5-13(11)19/h5-10,13,16,29H,11-12,14H2,1-4H3,(H,25,30);2-8,19H,1H3. The summed E-state index contributed by atoms with van der Waals surface area (Å²) in [4.78, 5) is 32.6. The molecule has 1 saturated heterocycles. The minimum Gasteiger partial charge on any atom is -0.507 e. The van der Waals surface area contributed by atoms with E-state index in [2.05, 4.69) is 20.2 Å². The Labute approximate surface area is 295 Å². The van der Waals surface area contributed by atoms with Gasteiger partial charge in [-0.25, -0.2) is 24.7 Å². The molecule has 2 aromatic heterocycles. The molecular formula is C39H39ClN6O4. The molecule has 7 rings (SSSR count). The molecule has 0 bridgehead atoms. The molecule has 1 aliphatic heterocycles. The van der Waals surface area contributed by atoms with Crippen molar-refractivity contribution >= 4 is 45.3 Å². The zero-order valence-corrected chi connectivity index (χ0v) is 29.4. The van der Waals surface area contributed by atoms with Gasteiger partial charge in [-0.3, -0.25) is 0 Å². The Morgan fingerprint density at radius 3 is 1.92 bits per heavy atom. The average molecular weight is 691 g/mol. The summed E-state index contributed by atoms with van der Waals surface area (Å²) in [6.07, 6.45) is 0.389. The van der Waals surface area contributed by atoms with Crippen LogP contribution in [0.3, 0.4) is 0 Å². The van der Waals surface area contributed by atoms with Crippen molar-refractivity contribution in [2.24, 2.45) is 0 Å². The summed E-state index contributed by atoms with van der Waals surface area (Å²) in [6, 6.07) is 25.9. The Balaban J connectivity index is 0.000000194. The maximum atomic E-state index is 12.2. The summed E-state index contributed by atoms with van der Waals surface area (Å²) in [5.74, 6) is 2.00. The molecule has 1 amide bonds. The number of halogens is 1. The molecule has 0 saturated carbocycles. The molecule has 11 heteroatoms. The molecule has 0 spiro atoms. The summed E-state index contributed by atoms with van der Waals surface area (Å²) >= 11 is 6.18. The van der Waals surface area contributed by atoms with Crippen LogP contribution in [0.25, 0.3) is 44.6 Å². The molecule has 10 nitrogen and oxygen atoms in total. The van der Waals surface area contributed by atoms with Gasteiger partial charge in [-0.15, -0.1) is 0 Å². The van der Waals surface area contributed by atoms with E-state index in [9.17, 15) is 15.0 Å². The van der Waals surface area contributed by atoms with E-state index in [-0.39, 0.29) is 17.5 Å². The van der Waals surface area contributed by atoms with Crippen molar-refractivity contribution in [2.45, 2.75) is 52.7 Å². The number of rotatable bonds is 4. The Bertz CT molecular complexity index is 2200. The van der Waals surface area contributed by atoms with Crippen LogP contribution >= 0.6 is 11.6 Å². The lowest BCUT2D eigenvalue weighted by Gasteiger charge is -2.23. The van der Waals surface area contributed by atoms with Crippen LogP contribution in [0.2, 0.25) is 5.15 Å². The van der Waals surface area contributed by atoms with E-state index in [1.807, 2.05) is 89.2 Å². The topological polar surface area (TPSA) is 134 Å². The third-order valence-electron chi connectivity index (χ3n) is 8.14. The fourth-order valence-corrected chi connectivity index (χ4v) is 6.02. The van der Waals surface area contributed by atoms with Gasteiger partial charge in [0.15, 0.2) is 11.6 Å². The van der Waals surface area contributed by atoms with Crippen molar-refractivity contribution in [3.63, 3.8) is 0 Å². The highest BCUT2D eigenvalue weighted by atomic mass is 35.5. The molecule has 1 atom stereocenters. The zero-order valence-electron chi connectivity index (χ0n) is 28.6. The minimum absolute atomic E-state index is 0.0288.